The monoisotopic (exact) mass is 287 g/mol. The number of piperazine rings is 1. The van der Waals surface area contributed by atoms with Crippen LogP contribution in [-0.2, 0) is 9.59 Å². The molecule has 1 fully saturated rings. The number of hydrogen-bond donors (Lipinski definition) is 2. The Labute approximate surface area is 119 Å². The molecule has 1 aromatic carbocycles. The lowest BCUT2D eigenvalue weighted by molar-refractivity contribution is -0.138. The normalized spacial score (nSPS) is 18.9. The van der Waals surface area contributed by atoms with Gasteiger partial charge in [-0.15, -0.1) is 0 Å². The van der Waals surface area contributed by atoms with Crippen LogP contribution in [0.4, 0.5) is 5.69 Å². The van der Waals surface area contributed by atoms with E-state index in [4.69, 9.17) is 10.2 Å². The molecule has 3 N–H and O–H groups in total. The van der Waals surface area contributed by atoms with E-state index in [1.165, 1.54) is 4.90 Å². The Hall–Kier alpha value is -2.83. The third-order valence-electron chi connectivity index (χ3n) is 3.44. The molecular weight excluding hydrogens is 274 g/mol. The van der Waals surface area contributed by atoms with Crippen LogP contribution in [0.1, 0.15) is 17.5 Å². The Balaban J connectivity index is 1.95. The van der Waals surface area contributed by atoms with E-state index in [2.05, 4.69) is 5.32 Å². The van der Waals surface area contributed by atoms with Crippen molar-refractivity contribution in [3.8, 4) is 0 Å². The molecule has 3 amide bonds. The molecule has 7 heteroatoms. The van der Waals surface area contributed by atoms with Gasteiger partial charge in [0.25, 0.3) is 5.91 Å². The molecule has 108 valence electrons. The van der Waals surface area contributed by atoms with Gasteiger partial charge in [0, 0.05) is 11.1 Å². The van der Waals surface area contributed by atoms with Gasteiger partial charge in [0.1, 0.15) is 18.2 Å². The van der Waals surface area contributed by atoms with Crippen molar-refractivity contribution in [2.45, 2.75) is 13.0 Å². The van der Waals surface area contributed by atoms with Crippen LogP contribution in [-0.4, -0.2) is 35.2 Å². The Morgan fingerprint density at radius 1 is 1.38 bits per heavy atom. The molecule has 0 radical (unpaired) electrons. The van der Waals surface area contributed by atoms with E-state index < -0.39 is 23.8 Å². The number of anilines is 1. The number of fused-ring (bicyclic) bond motifs is 1. The first-order chi connectivity index (χ1) is 9.95. The largest absolute Gasteiger partial charge is 0.451 e. The molecule has 0 aliphatic carbocycles. The number of hydrogen-bond acceptors (Lipinski definition) is 5. The Kier molecular flexibility index (Phi) is 2.90. The van der Waals surface area contributed by atoms with Gasteiger partial charge in [-0.05, 0) is 31.2 Å². The highest BCUT2D eigenvalue weighted by molar-refractivity contribution is 6.07. The summed E-state index contributed by atoms with van der Waals surface area (Å²) in [5.74, 6) is -1.43. The summed E-state index contributed by atoms with van der Waals surface area (Å²) in [6.07, 6.45) is 0. The van der Waals surface area contributed by atoms with Gasteiger partial charge in [-0.3, -0.25) is 19.7 Å². The fourth-order valence-corrected chi connectivity index (χ4v) is 2.27. The van der Waals surface area contributed by atoms with Gasteiger partial charge in [-0.1, -0.05) is 0 Å². The Bertz CT molecular complexity index is 765. The van der Waals surface area contributed by atoms with Gasteiger partial charge >= 0.3 is 0 Å². The van der Waals surface area contributed by atoms with E-state index in [1.54, 1.807) is 31.2 Å². The molecule has 0 saturated carbocycles. The quantitative estimate of drug-likeness (QED) is 0.587. The minimum absolute atomic E-state index is 0.0740. The van der Waals surface area contributed by atoms with Crippen LogP contribution in [0.2, 0.25) is 0 Å². The summed E-state index contributed by atoms with van der Waals surface area (Å²) in [5.41, 5.74) is 6.76. The molecule has 2 heterocycles. The van der Waals surface area contributed by atoms with Gasteiger partial charge in [0.05, 0.1) is 0 Å². The summed E-state index contributed by atoms with van der Waals surface area (Å²) in [5, 5.41) is 2.87. The summed E-state index contributed by atoms with van der Waals surface area (Å²) in [6.45, 7) is 1.38. The molecule has 1 saturated heterocycles. The smallest absolute Gasteiger partial charge is 0.290 e. The van der Waals surface area contributed by atoms with E-state index in [9.17, 15) is 14.4 Å². The standard InChI is InChI=1S/C14H13N3O4/c1-7-13(19)16-12(18)6-17(7)14(20)11-5-8-4-9(15)2-3-10(8)21-11/h2-5,7H,6,15H2,1H3,(H,16,18,19). The van der Waals surface area contributed by atoms with Crippen molar-refractivity contribution in [1.29, 1.82) is 0 Å². The number of nitrogens with one attached hydrogen (secondary N) is 1. The van der Waals surface area contributed by atoms with E-state index in [0.717, 1.165) is 0 Å². The lowest BCUT2D eigenvalue weighted by Gasteiger charge is -2.30. The van der Waals surface area contributed by atoms with E-state index in [1.807, 2.05) is 0 Å². The molecule has 7 nitrogen and oxygen atoms in total. The molecule has 3 rings (SSSR count). The summed E-state index contributed by atoms with van der Waals surface area (Å²) in [4.78, 5) is 36.6. The number of nitrogen functional groups attached to an aromatic ring is 1. The minimum Gasteiger partial charge on any atom is -0.451 e. The topological polar surface area (TPSA) is 106 Å². The van der Waals surface area contributed by atoms with E-state index in [-0.39, 0.29) is 12.3 Å². The number of carbonyl (C=O) groups excluding carboxylic acids is 3. The van der Waals surface area contributed by atoms with Crippen LogP contribution in [0.5, 0.6) is 0 Å². The number of nitrogens with two attached hydrogens (primary N) is 1. The van der Waals surface area contributed by atoms with Crippen LogP contribution in [0.25, 0.3) is 11.0 Å². The highest BCUT2D eigenvalue weighted by Gasteiger charge is 2.35. The Morgan fingerprint density at radius 2 is 2.14 bits per heavy atom. The van der Waals surface area contributed by atoms with Crippen LogP contribution < -0.4 is 11.1 Å². The lowest BCUT2D eigenvalue weighted by Crippen LogP contribution is -2.58. The predicted octanol–water partition coefficient (Wildman–Crippen LogP) is 0.502. The van der Waals surface area contributed by atoms with Gasteiger partial charge in [-0.25, -0.2) is 0 Å². The Morgan fingerprint density at radius 3 is 2.90 bits per heavy atom. The molecule has 1 unspecified atom stereocenters. The van der Waals surface area contributed by atoms with Crippen molar-refractivity contribution in [1.82, 2.24) is 10.2 Å². The number of carbonyl (C=O) groups is 3. The molecular formula is C14H13N3O4. The zero-order valence-corrected chi connectivity index (χ0v) is 11.3. The molecule has 1 atom stereocenters. The van der Waals surface area contributed by atoms with Gasteiger partial charge in [0.2, 0.25) is 11.8 Å². The molecule has 2 aromatic rings. The molecule has 1 aromatic heterocycles. The number of imide groups is 1. The van der Waals surface area contributed by atoms with Crippen molar-refractivity contribution < 1.29 is 18.8 Å². The SMILES string of the molecule is CC1C(=O)NC(=O)CN1C(=O)c1cc2cc(N)ccc2o1. The van der Waals surface area contributed by atoms with Crippen molar-refractivity contribution in [2.75, 3.05) is 12.3 Å². The zero-order chi connectivity index (χ0) is 15.1. The highest BCUT2D eigenvalue weighted by Crippen LogP contribution is 2.23. The fraction of sp³-hybridized carbons (Fsp3) is 0.214. The van der Waals surface area contributed by atoms with Gasteiger partial charge in [-0.2, -0.15) is 0 Å². The average molecular weight is 287 g/mol. The van der Waals surface area contributed by atoms with Crippen molar-refractivity contribution in [2.24, 2.45) is 0 Å². The van der Waals surface area contributed by atoms with Crippen LogP contribution in [0.15, 0.2) is 28.7 Å². The van der Waals surface area contributed by atoms with Crippen LogP contribution in [0.3, 0.4) is 0 Å². The summed E-state index contributed by atoms with van der Waals surface area (Å²) in [6, 6.07) is 5.85. The van der Waals surface area contributed by atoms with Gasteiger partial charge in [0.15, 0.2) is 5.76 Å². The second-order valence-electron chi connectivity index (χ2n) is 4.93. The van der Waals surface area contributed by atoms with Gasteiger partial charge < -0.3 is 15.1 Å². The maximum absolute atomic E-state index is 12.4. The number of amides is 3. The number of furan rings is 1. The third kappa shape index (κ3) is 2.22. The maximum atomic E-state index is 12.4. The minimum atomic E-state index is -0.728. The molecule has 21 heavy (non-hydrogen) atoms. The summed E-state index contributed by atoms with van der Waals surface area (Å²) < 4.78 is 5.47. The molecule has 1 aliphatic heterocycles. The molecule has 1 aliphatic rings. The predicted molar refractivity (Wildman–Crippen MR) is 74.3 cm³/mol. The van der Waals surface area contributed by atoms with Crippen LogP contribution in [0, 0.1) is 0 Å². The number of rotatable bonds is 1. The second-order valence-corrected chi connectivity index (χ2v) is 4.93. The van der Waals surface area contributed by atoms with Crippen molar-refractivity contribution in [3.63, 3.8) is 0 Å². The number of nitrogens with zero attached hydrogens (tertiary/aromatic N) is 1. The second kappa shape index (κ2) is 4.62. The van der Waals surface area contributed by atoms with Crippen molar-refractivity contribution in [3.05, 3.63) is 30.0 Å². The fourth-order valence-electron chi connectivity index (χ4n) is 2.27. The van der Waals surface area contributed by atoms with E-state index >= 15 is 0 Å². The van der Waals surface area contributed by atoms with Crippen molar-refractivity contribution >= 4 is 34.4 Å². The third-order valence-corrected chi connectivity index (χ3v) is 3.44. The highest BCUT2D eigenvalue weighted by atomic mass is 16.3. The maximum Gasteiger partial charge on any atom is 0.290 e. The summed E-state index contributed by atoms with van der Waals surface area (Å²) in [7, 11) is 0. The first-order valence-electron chi connectivity index (χ1n) is 6.39. The molecule has 0 bridgehead atoms. The molecule has 0 spiro atoms. The summed E-state index contributed by atoms with van der Waals surface area (Å²) >= 11 is 0. The first kappa shape index (κ1) is 13.2. The number of benzene rings is 1. The first-order valence-corrected chi connectivity index (χ1v) is 6.39. The average Bonchev–Trinajstić information content (AvgIpc) is 2.85. The zero-order valence-electron chi connectivity index (χ0n) is 11.3. The van der Waals surface area contributed by atoms with E-state index in [0.29, 0.717) is 16.7 Å². The van der Waals surface area contributed by atoms with Crippen LogP contribution >= 0.6 is 0 Å². The lowest BCUT2D eigenvalue weighted by atomic mass is 10.2.